The zero-order chi connectivity index (χ0) is 17.3. The summed E-state index contributed by atoms with van der Waals surface area (Å²) in [5.41, 5.74) is 1.38. The normalized spacial score (nSPS) is 21.0. The van der Waals surface area contributed by atoms with E-state index in [1.807, 2.05) is 6.07 Å². The Morgan fingerprint density at radius 3 is 2.83 bits per heavy atom. The molecule has 2 heterocycles. The van der Waals surface area contributed by atoms with Gasteiger partial charge in [-0.05, 0) is 37.0 Å². The van der Waals surface area contributed by atoms with Crippen molar-refractivity contribution in [1.29, 1.82) is 0 Å². The van der Waals surface area contributed by atoms with Crippen LogP contribution in [0.5, 0.6) is 0 Å². The van der Waals surface area contributed by atoms with Gasteiger partial charge in [0.15, 0.2) is 0 Å². The molecule has 2 aliphatic rings. The van der Waals surface area contributed by atoms with E-state index < -0.39 is 0 Å². The number of thioether (sulfide) groups is 1. The number of nitrogens with zero attached hydrogens (tertiary/aromatic N) is 2. The monoisotopic (exact) mass is 350 g/mol. The third kappa shape index (κ3) is 3.45. The van der Waals surface area contributed by atoms with Gasteiger partial charge in [0.25, 0.3) is 5.24 Å². The molecule has 0 saturated carbocycles. The highest BCUT2D eigenvalue weighted by Crippen LogP contribution is 2.26. The second-order valence-corrected chi connectivity index (χ2v) is 7.11. The zero-order valence-electron chi connectivity index (χ0n) is 13.5. The molecule has 0 aromatic heterocycles. The fraction of sp³-hybridized carbons (Fsp3) is 0.471. The Kier molecular flexibility index (Phi) is 4.89. The molecule has 1 unspecified atom stereocenters. The average Bonchev–Trinajstić information content (AvgIpc) is 3.15. The van der Waals surface area contributed by atoms with Gasteiger partial charge in [0, 0.05) is 19.5 Å². The van der Waals surface area contributed by atoms with Gasteiger partial charge in [-0.15, -0.1) is 0 Å². The number of likely N-dealkylation sites (tertiary alicyclic amines) is 1. The van der Waals surface area contributed by atoms with E-state index in [9.17, 15) is 18.8 Å². The number of benzene rings is 1. The number of rotatable bonds is 4. The summed E-state index contributed by atoms with van der Waals surface area (Å²) in [7, 11) is 0. The predicted octanol–water partition coefficient (Wildman–Crippen LogP) is 2.36. The van der Waals surface area contributed by atoms with Crippen molar-refractivity contribution >= 4 is 28.8 Å². The lowest BCUT2D eigenvalue weighted by Crippen LogP contribution is -2.41. The third-order valence-electron chi connectivity index (χ3n) is 4.53. The van der Waals surface area contributed by atoms with Crippen molar-refractivity contribution in [2.24, 2.45) is 0 Å². The van der Waals surface area contributed by atoms with Crippen molar-refractivity contribution in [2.45, 2.75) is 32.2 Å². The fourth-order valence-electron chi connectivity index (χ4n) is 3.10. The van der Waals surface area contributed by atoms with Crippen molar-refractivity contribution in [3.63, 3.8) is 0 Å². The lowest BCUT2D eigenvalue weighted by molar-refractivity contribution is -0.131. The van der Waals surface area contributed by atoms with E-state index in [1.165, 1.54) is 11.0 Å². The first-order chi connectivity index (χ1) is 11.5. The minimum absolute atomic E-state index is 0.0229. The molecule has 2 fully saturated rings. The molecular weight excluding hydrogens is 331 g/mol. The lowest BCUT2D eigenvalue weighted by Gasteiger charge is -2.22. The third-order valence-corrected chi connectivity index (χ3v) is 5.36. The Hall–Kier alpha value is -1.89. The number of carbonyl (C=O) groups is 3. The maximum atomic E-state index is 13.5. The summed E-state index contributed by atoms with van der Waals surface area (Å²) in [5.74, 6) is -0.253. The molecule has 7 heteroatoms. The molecule has 128 valence electrons. The maximum absolute atomic E-state index is 13.5. The van der Waals surface area contributed by atoms with Crippen molar-refractivity contribution < 1.29 is 18.8 Å². The van der Waals surface area contributed by atoms with Crippen LogP contribution in [0.25, 0.3) is 0 Å². The molecular formula is C17H19FN2O3S. The standard InChI is InChI=1S/C17H19FN2O3S/c1-11-2-3-12(8-14(11)18)4-5-15(21)19-7-6-13(9-19)20-16(22)10-24-17(20)23/h2-3,8,13H,4-7,9-10H2,1H3. The number of amides is 3. The molecule has 0 aliphatic carbocycles. The van der Waals surface area contributed by atoms with E-state index in [0.29, 0.717) is 37.9 Å². The van der Waals surface area contributed by atoms with Gasteiger partial charge in [-0.25, -0.2) is 4.39 Å². The quantitative estimate of drug-likeness (QED) is 0.836. The molecule has 1 aromatic rings. The van der Waals surface area contributed by atoms with Crippen LogP contribution in [0, 0.1) is 12.7 Å². The largest absolute Gasteiger partial charge is 0.341 e. The van der Waals surface area contributed by atoms with E-state index in [0.717, 1.165) is 17.3 Å². The van der Waals surface area contributed by atoms with Crippen LogP contribution >= 0.6 is 11.8 Å². The van der Waals surface area contributed by atoms with Gasteiger partial charge in [-0.2, -0.15) is 0 Å². The van der Waals surface area contributed by atoms with Crippen LogP contribution in [0.2, 0.25) is 0 Å². The highest BCUT2D eigenvalue weighted by atomic mass is 32.2. The Bertz CT molecular complexity index is 678. The highest BCUT2D eigenvalue weighted by molar-refractivity contribution is 8.14. The molecule has 1 atom stereocenters. The van der Waals surface area contributed by atoms with Gasteiger partial charge in [0.2, 0.25) is 11.8 Å². The van der Waals surface area contributed by atoms with Gasteiger partial charge >= 0.3 is 0 Å². The van der Waals surface area contributed by atoms with Gasteiger partial charge in [-0.3, -0.25) is 19.3 Å². The van der Waals surface area contributed by atoms with Gasteiger partial charge in [0.1, 0.15) is 5.82 Å². The molecule has 0 radical (unpaired) electrons. The molecule has 1 aromatic carbocycles. The molecule has 2 aliphatic heterocycles. The molecule has 5 nitrogen and oxygen atoms in total. The first kappa shape index (κ1) is 17.0. The van der Waals surface area contributed by atoms with Crippen LogP contribution in [-0.2, 0) is 16.0 Å². The van der Waals surface area contributed by atoms with Crippen molar-refractivity contribution in [3.05, 3.63) is 35.1 Å². The zero-order valence-corrected chi connectivity index (χ0v) is 14.3. The average molecular weight is 350 g/mol. The van der Waals surface area contributed by atoms with Crippen molar-refractivity contribution in [2.75, 3.05) is 18.8 Å². The molecule has 3 rings (SSSR count). The second-order valence-electron chi connectivity index (χ2n) is 6.18. The van der Waals surface area contributed by atoms with Crippen LogP contribution in [0.1, 0.15) is 24.0 Å². The first-order valence-electron chi connectivity index (χ1n) is 7.97. The summed E-state index contributed by atoms with van der Waals surface area (Å²) in [6, 6.07) is 4.80. The highest BCUT2D eigenvalue weighted by Gasteiger charge is 2.39. The van der Waals surface area contributed by atoms with E-state index in [-0.39, 0.29) is 34.7 Å². The Balaban J connectivity index is 1.54. The van der Waals surface area contributed by atoms with E-state index in [1.54, 1.807) is 17.9 Å². The molecule has 2 saturated heterocycles. The summed E-state index contributed by atoms with van der Waals surface area (Å²) in [6.45, 7) is 2.65. The summed E-state index contributed by atoms with van der Waals surface area (Å²) in [6.07, 6.45) is 1.41. The number of imide groups is 1. The number of hydrogen-bond donors (Lipinski definition) is 0. The topological polar surface area (TPSA) is 57.7 Å². The minimum Gasteiger partial charge on any atom is -0.341 e. The number of hydrogen-bond acceptors (Lipinski definition) is 4. The van der Waals surface area contributed by atoms with Gasteiger partial charge < -0.3 is 4.90 Å². The van der Waals surface area contributed by atoms with Crippen molar-refractivity contribution in [1.82, 2.24) is 9.80 Å². The predicted molar refractivity (Wildman–Crippen MR) is 89.1 cm³/mol. The van der Waals surface area contributed by atoms with E-state index >= 15 is 0 Å². The molecule has 0 spiro atoms. The number of aryl methyl sites for hydroxylation is 2. The van der Waals surface area contributed by atoms with Gasteiger partial charge in [0.05, 0.1) is 11.8 Å². The van der Waals surface area contributed by atoms with Crippen LogP contribution in [0.4, 0.5) is 9.18 Å². The fourth-order valence-corrected chi connectivity index (χ4v) is 3.87. The summed E-state index contributed by atoms with van der Waals surface area (Å²) >= 11 is 1.02. The SMILES string of the molecule is Cc1ccc(CCC(=O)N2CCC(N3C(=O)CSC3=O)C2)cc1F. The smallest absolute Gasteiger partial charge is 0.289 e. The minimum atomic E-state index is -0.259. The van der Waals surface area contributed by atoms with Crippen LogP contribution in [0.3, 0.4) is 0 Å². The molecule has 0 N–H and O–H groups in total. The second kappa shape index (κ2) is 6.93. The van der Waals surface area contributed by atoms with Crippen LogP contribution < -0.4 is 0 Å². The van der Waals surface area contributed by atoms with E-state index in [4.69, 9.17) is 0 Å². The molecule has 3 amide bonds. The Morgan fingerprint density at radius 2 is 2.17 bits per heavy atom. The lowest BCUT2D eigenvalue weighted by atomic mass is 10.1. The molecule has 0 bridgehead atoms. The Morgan fingerprint density at radius 1 is 1.38 bits per heavy atom. The van der Waals surface area contributed by atoms with E-state index in [2.05, 4.69) is 0 Å². The number of carbonyl (C=O) groups excluding carboxylic acids is 3. The molecule has 24 heavy (non-hydrogen) atoms. The van der Waals surface area contributed by atoms with Crippen LogP contribution in [-0.4, -0.2) is 51.7 Å². The van der Waals surface area contributed by atoms with Crippen LogP contribution in [0.15, 0.2) is 18.2 Å². The maximum Gasteiger partial charge on any atom is 0.289 e. The number of halogens is 1. The summed E-state index contributed by atoms with van der Waals surface area (Å²) in [5, 5.41) is -0.213. The van der Waals surface area contributed by atoms with Crippen molar-refractivity contribution in [3.8, 4) is 0 Å². The first-order valence-corrected chi connectivity index (χ1v) is 8.96. The summed E-state index contributed by atoms with van der Waals surface area (Å²) in [4.78, 5) is 38.8. The van der Waals surface area contributed by atoms with Gasteiger partial charge in [-0.1, -0.05) is 23.9 Å². The Labute approximate surface area is 144 Å². The summed E-state index contributed by atoms with van der Waals surface area (Å²) < 4.78 is 13.5.